The highest BCUT2D eigenvalue weighted by atomic mass is 19.1. The summed E-state index contributed by atoms with van der Waals surface area (Å²) in [5.74, 6) is -1.37. The van der Waals surface area contributed by atoms with Crippen molar-refractivity contribution in [3.63, 3.8) is 0 Å². The molecule has 0 spiro atoms. The number of halogens is 2. The Bertz CT molecular complexity index is 1300. The van der Waals surface area contributed by atoms with E-state index in [1.54, 1.807) is 54.6 Å². The molecule has 8 heteroatoms. The van der Waals surface area contributed by atoms with Gasteiger partial charge < -0.3 is 20.1 Å². The van der Waals surface area contributed by atoms with Crippen LogP contribution in [-0.2, 0) is 4.74 Å². The number of hydrogen-bond acceptors (Lipinski definition) is 4. The first-order valence-corrected chi connectivity index (χ1v) is 11.0. The standard InChI is InChI=1S/C28H22F2N2O4/c1-35-27(33)24-17-23(32-28(34)31-22-5-3-2-4-6-22)15-16-25(24)36-26(18-7-11-20(29)12-8-18)19-9-13-21(30)14-10-19/h2-17,26H,1H3,(H2,31,32,34). The van der Waals surface area contributed by atoms with Gasteiger partial charge in [0.15, 0.2) is 0 Å². The van der Waals surface area contributed by atoms with E-state index in [0.29, 0.717) is 22.5 Å². The van der Waals surface area contributed by atoms with E-state index in [2.05, 4.69) is 10.6 Å². The quantitative estimate of drug-likeness (QED) is 0.289. The normalized spacial score (nSPS) is 10.6. The fourth-order valence-electron chi connectivity index (χ4n) is 3.53. The van der Waals surface area contributed by atoms with E-state index >= 15 is 0 Å². The molecule has 0 heterocycles. The SMILES string of the molecule is COC(=O)c1cc(NC(=O)Nc2ccccc2)ccc1OC(c1ccc(F)cc1)c1ccc(F)cc1. The van der Waals surface area contributed by atoms with Crippen LogP contribution in [0.3, 0.4) is 0 Å². The Morgan fingerprint density at radius 3 is 1.83 bits per heavy atom. The average Bonchev–Trinajstić information content (AvgIpc) is 2.89. The first-order chi connectivity index (χ1) is 17.4. The second-order valence-electron chi connectivity index (χ2n) is 7.75. The fraction of sp³-hybridized carbons (Fsp3) is 0.0714. The number of carbonyl (C=O) groups excluding carboxylic acids is 2. The lowest BCUT2D eigenvalue weighted by atomic mass is 10.0. The van der Waals surface area contributed by atoms with Crippen molar-refractivity contribution in [2.45, 2.75) is 6.10 Å². The molecule has 0 saturated heterocycles. The van der Waals surface area contributed by atoms with Crippen molar-refractivity contribution in [2.24, 2.45) is 0 Å². The third kappa shape index (κ3) is 6.04. The van der Waals surface area contributed by atoms with Gasteiger partial charge in [0.05, 0.1) is 7.11 Å². The van der Waals surface area contributed by atoms with Gasteiger partial charge in [0.1, 0.15) is 29.1 Å². The Morgan fingerprint density at radius 2 is 1.28 bits per heavy atom. The lowest BCUT2D eigenvalue weighted by Gasteiger charge is -2.22. The molecular formula is C28H22F2N2O4. The molecule has 0 bridgehead atoms. The average molecular weight is 488 g/mol. The Balaban J connectivity index is 1.63. The number of ether oxygens (including phenoxy) is 2. The Kier molecular flexibility index (Phi) is 7.55. The lowest BCUT2D eigenvalue weighted by molar-refractivity contribution is 0.0594. The third-order valence-corrected chi connectivity index (χ3v) is 5.26. The van der Waals surface area contributed by atoms with E-state index in [0.717, 1.165) is 0 Å². The predicted molar refractivity (Wildman–Crippen MR) is 132 cm³/mol. The highest BCUT2D eigenvalue weighted by Gasteiger charge is 2.22. The molecule has 0 aromatic heterocycles. The largest absolute Gasteiger partial charge is 0.480 e. The van der Waals surface area contributed by atoms with Crippen molar-refractivity contribution < 1.29 is 27.8 Å². The number of para-hydroxylation sites is 1. The van der Waals surface area contributed by atoms with Crippen LogP contribution in [0.2, 0.25) is 0 Å². The number of anilines is 2. The van der Waals surface area contributed by atoms with Crippen LogP contribution in [0.4, 0.5) is 25.0 Å². The fourth-order valence-corrected chi connectivity index (χ4v) is 3.53. The van der Waals surface area contributed by atoms with Crippen molar-refractivity contribution in [2.75, 3.05) is 17.7 Å². The Morgan fingerprint density at radius 1 is 0.722 bits per heavy atom. The Labute approximate surface area is 206 Å². The van der Waals surface area contributed by atoms with E-state index in [1.165, 1.54) is 43.5 Å². The van der Waals surface area contributed by atoms with Crippen LogP contribution in [0.25, 0.3) is 0 Å². The molecule has 0 aliphatic carbocycles. The van der Waals surface area contributed by atoms with Crippen LogP contribution >= 0.6 is 0 Å². The summed E-state index contributed by atoms with van der Waals surface area (Å²) < 4.78 is 38.2. The number of benzene rings is 4. The van der Waals surface area contributed by atoms with E-state index in [-0.39, 0.29) is 11.3 Å². The summed E-state index contributed by atoms with van der Waals surface area (Å²) in [6.07, 6.45) is -0.783. The van der Waals surface area contributed by atoms with E-state index in [9.17, 15) is 18.4 Å². The number of methoxy groups -OCH3 is 1. The number of carbonyl (C=O) groups is 2. The van der Waals surface area contributed by atoms with Gasteiger partial charge in [-0.1, -0.05) is 42.5 Å². The Hall–Kier alpha value is -4.72. The summed E-state index contributed by atoms with van der Waals surface area (Å²) in [5, 5.41) is 5.36. The molecule has 0 atom stereocenters. The van der Waals surface area contributed by atoms with E-state index < -0.39 is 29.7 Å². The zero-order chi connectivity index (χ0) is 25.5. The first kappa shape index (κ1) is 24.4. The highest BCUT2D eigenvalue weighted by Crippen LogP contribution is 2.33. The minimum absolute atomic E-state index is 0.0595. The second kappa shape index (κ2) is 11.1. The molecule has 182 valence electrons. The molecule has 0 saturated carbocycles. The van der Waals surface area contributed by atoms with Crippen LogP contribution in [-0.4, -0.2) is 19.1 Å². The monoisotopic (exact) mass is 488 g/mol. The van der Waals surface area contributed by atoms with Crippen molar-refractivity contribution in [3.05, 3.63) is 125 Å². The van der Waals surface area contributed by atoms with E-state index in [1.807, 2.05) is 6.07 Å². The van der Waals surface area contributed by atoms with Gasteiger partial charge in [-0.25, -0.2) is 18.4 Å². The molecule has 36 heavy (non-hydrogen) atoms. The maximum atomic E-state index is 13.5. The van der Waals surface area contributed by atoms with Crippen molar-refractivity contribution >= 4 is 23.4 Å². The number of nitrogens with one attached hydrogen (secondary N) is 2. The van der Waals surface area contributed by atoms with Gasteiger partial charge in [0, 0.05) is 11.4 Å². The summed E-state index contributed by atoms with van der Waals surface area (Å²) in [5.41, 5.74) is 2.16. The maximum Gasteiger partial charge on any atom is 0.341 e. The summed E-state index contributed by atoms with van der Waals surface area (Å²) in [7, 11) is 1.23. The van der Waals surface area contributed by atoms with Gasteiger partial charge in [0.25, 0.3) is 0 Å². The minimum atomic E-state index is -0.783. The van der Waals surface area contributed by atoms with Gasteiger partial charge in [-0.2, -0.15) is 0 Å². The topological polar surface area (TPSA) is 76.7 Å². The predicted octanol–water partition coefficient (Wildman–Crippen LogP) is 6.56. The van der Waals surface area contributed by atoms with Crippen LogP contribution < -0.4 is 15.4 Å². The van der Waals surface area contributed by atoms with Crippen molar-refractivity contribution in [3.8, 4) is 5.75 Å². The van der Waals surface area contributed by atoms with Gasteiger partial charge >= 0.3 is 12.0 Å². The molecule has 2 amide bonds. The number of urea groups is 1. The molecule has 0 unspecified atom stereocenters. The van der Waals surface area contributed by atoms with E-state index in [4.69, 9.17) is 9.47 Å². The first-order valence-electron chi connectivity index (χ1n) is 11.0. The number of hydrogen-bond donors (Lipinski definition) is 2. The molecular weight excluding hydrogens is 466 g/mol. The second-order valence-corrected chi connectivity index (χ2v) is 7.75. The zero-order valence-corrected chi connectivity index (χ0v) is 19.2. The van der Waals surface area contributed by atoms with Crippen molar-refractivity contribution in [1.82, 2.24) is 0 Å². The molecule has 0 radical (unpaired) electrons. The van der Waals surface area contributed by atoms with Gasteiger partial charge in [-0.3, -0.25) is 0 Å². The molecule has 4 rings (SSSR count). The molecule has 6 nitrogen and oxygen atoms in total. The van der Waals surface area contributed by atoms with Crippen LogP contribution in [0.15, 0.2) is 97.1 Å². The number of amides is 2. The maximum absolute atomic E-state index is 13.5. The van der Waals surface area contributed by atoms with Crippen LogP contribution in [0, 0.1) is 11.6 Å². The number of rotatable bonds is 7. The summed E-state index contributed by atoms with van der Waals surface area (Å²) >= 11 is 0. The highest BCUT2D eigenvalue weighted by molar-refractivity contribution is 6.01. The minimum Gasteiger partial charge on any atom is -0.480 e. The van der Waals surface area contributed by atoms with Crippen LogP contribution in [0.1, 0.15) is 27.6 Å². The molecule has 0 fully saturated rings. The zero-order valence-electron chi connectivity index (χ0n) is 19.2. The lowest BCUT2D eigenvalue weighted by Crippen LogP contribution is -2.20. The summed E-state index contributed by atoms with van der Waals surface area (Å²) in [6.45, 7) is 0. The third-order valence-electron chi connectivity index (χ3n) is 5.26. The molecule has 0 aliphatic heterocycles. The van der Waals surface area contributed by atoms with Crippen LogP contribution in [0.5, 0.6) is 5.75 Å². The molecule has 4 aromatic rings. The van der Waals surface area contributed by atoms with Gasteiger partial charge in [-0.05, 0) is 65.7 Å². The van der Waals surface area contributed by atoms with Crippen molar-refractivity contribution in [1.29, 1.82) is 0 Å². The molecule has 0 aliphatic rings. The van der Waals surface area contributed by atoms with Gasteiger partial charge in [0.2, 0.25) is 0 Å². The van der Waals surface area contributed by atoms with Gasteiger partial charge in [-0.15, -0.1) is 0 Å². The summed E-state index contributed by atoms with van der Waals surface area (Å²) in [6, 6.07) is 24.2. The molecule has 4 aromatic carbocycles. The molecule has 2 N–H and O–H groups in total. The number of esters is 1. The summed E-state index contributed by atoms with van der Waals surface area (Å²) in [4.78, 5) is 25.0. The smallest absolute Gasteiger partial charge is 0.341 e.